The molecule has 1 aromatic heterocycles. The lowest BCUT2D eigenvalue weighted by Crippen LogP contribution is -2.49. The van der Waals surface area contributed by atoms with Crippen molar-refractivity contribution in [3.05, 3.63) is 70.7 Å². The van der Waals surface area contributed by atoms with Gasteiger partial charge in [-0.2, -0.15) is 0 Å². The number of thiazole rings is 1. The molecule has 0 radical (unpaired) electrons. The number of amides is 2. The standard InChI is InChI=1S/C21H20N4O2S/c1-14-6-8-15(9-7-14)23-20(26)10-19-21(27)24-17-4-2-3-5-18(17)25(19)11-16-12-28-13-22-16/h2-9,12-13,19H,10-11H2,1H3,(H,23,26)(H,24,27)/t19-/m1/s1. The van der Waals surface area contributed by atoms with Gasteiger partial charge < -0.3 is 15.5 Å². The van der Waals surface area contributed by atoms with Gasteiger partial charge in [-0.15, -0.1) is 11.3 Å². The van der Waals surface area contributed by atoms with Crippen molar-refractivity contribution in [3.8, 4) is 0 Å². The Balaban J connectivity index is 1.57. The summed E-state index contributed by atoms with van der Waals surface area (Å²) in [7, 11) is 0. The number of hydrogen-bond donors (Lipinski definition) is 2. The first-order valence-electron chi connectivity index (χ1n) is 9.00. The van der Waals surface area contributed by atoms with Crippen LogP contribution in [0.5, 0.6) is 0 Å². The van der Waals surface area contributed by atoms with E-state index in [0.717, 1.165) is 28.3 Å². The second-order valence-electron chi connectivity index (χ2n) is 6.75. The first-order chi connectivity index (χ1) is 13.6. The van der Waals surface area contributed by atoms with Gasteiger partial charge >= 0.3 is 0 Å². The SMILES string of the molecule is Cc1ccc(NC(=O)C[C@@H]2C(=O)Nc3ccccc3N2Cc2cscn2)cc1. The topological polar surface area (TPSA) is 74.3 Å². The Bertz CT molecular complexity index is 986. The first kappa shape index (κ1) is 18.2. The summed E-state index contributed by atoms with van der Waals surface area (Å²) in [5.41, 5.74) is 6.12. The third-order valence-electron chi connectivity index (χ3n) is 4.68. The van der Waals surface area contributed by atoms with Crippen LogP contribution < -0.4 is 15.5 Å². The molecular weight excluding hydrogens is 372 g/mol. The molecule has 0 bridgehead atoms. The number of carbonyl (C=O) groups excluding carboxylic acids is 2. The zero-order valence-electron chi connectivity index (χ0n) is 15.4. The van der Waals surface area contributed by atoms with Crippen LogP contribution in [0.4, 0.5) is 17.1 Å². The maximum atomic E-state index is 12.8. The van der Waals surface area contributed by atoms with Gasteiger partial charge in [0.2, 0.25) is 11.8 Å². The maximum absolute atomic E-state index is 12.8. The molecule has 2 heterocycles. The van der Waals surface area contributed by atoms with Crippen molar-refractivity contribution in [2.75, 3.05) is 15.5 Å². The second kappa shape index (κ2) is 7.82. The molecule has 1 atom stereocenters. The molecule has 0 fully saturated rings. The lowest BCUT2D eigenvalue weighted by atomic mass is 10.0. The molecule has 4 rings (SSSR count). The van der Waals surface area contributed by atoms with Crippen molar-refractivity contribution in [2.45, 2.75) is 25.9 Å². The van der Waals surface area contributed by atoms with E-state index in [-0.39, 0.29) is 18.2 Å². The average molecular weight is 392 g/mol. The van der Waals surface area contributed by atoms with Gasteiger partial charge in [0.1, 0.15) is 6.04 Å². The van der Waals surface area contributed by atoms with Crippen LogP contribution in [0.3, 0.4) is 0 Å². The smallest absolute Gasteiger partial charge is 0.247 e. The van der Waals surface area contributed by atoms with E-state index in [4.69, 9.17) is 0 Å². The molecule has 0 saturated carbocycles. The van der Waals surface area contributed by atoms with Crippen molar-refractivity contribution >= 4 is 40.2 Å². The molecule has 2 N–H and O–H groups in total. The van der Waals surface area contributed by atoms with Crippen molar-refractivity contribution in [2.24, 2.45) is 0 Å². The minimum absolute atomic E-state index is 0.0538. The third-order valence-corrected chi connectivity index (χ3v) is 5.32. The highest BCUT2D eigenvalue weighted by Gasteiger charge is 2.34. The summed E-state index contributed by atoms with van der Waals surface area (Å²) in [6, 6.07) is 14.6. The van der Waals surface area contributed by atoms with Crippen LogP contribution in [0.1, 0.15) is 17.7 Å². The molecule has 0 saturated heterocycles. The molecule has 2 amide bonds. The number of fused-ring (bicyclic) bond motifs is 1. The molecule has 0 spiro atoms. The van der Waals surface area contributed by atoms with Crippen molar-refractivity contribution in [1.29, 1.82) is 0 Å². The molecule has 1 aliphatic rings. The minimum Gasteiger partial charge on any atom is -0.351 e. The van der Waals surface area contributed by atoms with Gasteiger partial charge in [-0.1, -0.05) is 29.8 Å². The van der Waals surface area contributed by atoms with Crippen molar-refractivity contribution < 1.29 is 9.59 Å². The molecule has 142 valence electrons. The van der Waals surface area contributed by atoms with Gasteiger partial charge in [-0.25, -0.2) is 4.98 Å². The largest absolute Gasteiger partial charge is 0.351 e. The van der Waals surface area contributed by atoms with Gasteiger partial charge in [-0.3, -0.25) is 9.59 Å². The number of aromatic nitrogens is 1. The quantitative estimate of drug-likeness (QED) is 0.692. The highest BCUT2D eigenvalue weighted by molar-refractivity contribution is 7.07. The number of nitrogens with one attached hydrogen (secondary N) is 2. The fourth-order valence-electron chi connectivity index (χ4n) is 3.27. The summed E-state index contributed by atoms with van der Waals surface area (Å²) in [5, 5.41) is 7.76. The normalized spacial score (nSPS) is 15.7. The summed E-state index contributed by atoms with van der Waals surface area (Å²) < 4.78 is 0. The van der Waals surface area contributed by atoms with E-state index in [9.17, 15) is 9.59 Å². The van der Waals surface area contributed by atoms with Crippen LogP contribution in [0.25, 0.3) is 0 Å². The van der Waals surface area contributed by atoms with E-state index in [0.29, 0.717) is 6.54 Å². The molecule has 28 heavy (non-hydrogen) atoms. The third kappa shape index (κ3) is 3.89. The number of nitrogens with zero attached hydrogens (tertiary/aromatic N) is 2. The van der Waals surface area contributed by atoms with Crippen LogP contribution in [-0.2, 0) is 16.1 Å². The molecule has 1 aliphatic heterocycles. The van der Waals surface area contributed by atoms with E-state index in [1.54, 1.807) is 5.51 Å². The number of carbonyl (C=O) groups is 2. The van der Waals surface area contributed by atoms with Gasteiger partial charge in [0.05, 0.1) is 35.5 Å². The predicted molar refractivity (Wildman–Crippen MR) is 112 cm³/mol. The number of hydrogen-bond acceptors (Lipinski definition) is 5. The summed E-state index contributed by atoms with van der Waals surface area (Å²) in [5.74, 6) is -0.389. The maximum Gasteiger partial charge on any atom is 0.247 e. The van der Waals surface area contributed by atoms with E-state index >= 15 is 0 Å². The number of para-hydroxylation sites is 2. The molecule has 0 unspecified atom stereocenters. The Morgan fingerprint density at radius 1 is 1.21 bits per heavy atom. The summed E-state index contributed by atoms with van der Waals surface area (Å²) in [6.45, 7) is 2.46. The Morgan fingerprint density at radius 3 is 2.75 bits per heavy atom. The van der Waals surface area contributed by atoms with Crippen LogP contribution >= 0.6 is 11.3 Å². The number of benzene rings is 2. The lowest BCUT2D eigenvalue weighted by molar-refractivity contribution is -0.122. The molecule has 2 aromatic carbocycles. The van der Waals surface area contributed by atoms with E-state index < -0.39 is 6.04 Å². The lowest BCUT2D eigenvalue weighted by Gasteiger charge is -2.37. The Hall–Kier alpha value is -3.19. The van der Waals surface area contributed by atoms with E-state index in [1.165, 1.54) is 11.3 Å². The van der Waals surface area contributed by atoms with E-state index in [2.05, 4.69) is 15.6 Å². The minimum atomic E-state index is -0.609. The number of anilines is 3. The fourth-order valence-corrected chi connectivity index (χ4v) is 3.82. The van der Waals surface area contributed by atoms with Gasteiger partial charge in [0.15, 0.2) is 0 Å². The van der Waals surface area contributed by atoms with Crippen LogP contribution in [0.2, 0.25) is 0 Å². The zero-order valence-corrected chi connectivity index (χ0v) is 16.2. The average Bonchev–Trinajstić information content (AvgIpc) is 3.19. The van der Waals surface area contributed by atoms with Crippen LogP contribution in [0, 0.1) is 6.92 Å². The highest BCUT2D eigenvalue weighted by atomic mass is 32.1. The van der Waals surface area contributed by atoms with Gasteiger partial charge in [0, 0.05) is 11.1 Å². The molecular formula is C21H20N4O2S. The number of rotatable bonds is 5. The van der Waals surface area contributed by atoms with Crippen molar-refractivity contribution in [1.82, 2.24) is 4.98 Å². The summed E-state index contributed by atoms with van der Waals surface area (Å²) in [4.78, 5) is 31.7. The first-order valence-corrected chi connectivity index (χ1v) is 9.94. The Morgan fingerprint density at radius 2 is 2.00 bits per heavy atom. The van der Waals surface area contributed by atoms with Crippen LogP contribution in [-0.4, -0.2) is 22.8 Å². The molecule has 6 nitrogen and oxygen atoms in total. The fraction of sp³-hybridized carbons (Fsp3) is 0.190. The highest BCUT2D eigenvalue weighted by Crippen LogP contribution is 2.34. The van der Waals surface area contributed by atoms with Crippen LogP contribution in [0.15, 0.2) is 59.4 Å². The summed E-state index contributed by atoms with van der Waals surface area (Å²) in [6.07, 6.45) is 0.0538. The Labute approximate surface area is 167 Å². The second-order valence-corrected chi connectivity index (χ2v) is 7.47. The number of aryl methyl sites for hydroxylation is 1. The zero-order chi connectivity index (χ0) is 19.5. The van der Waals surface area contributed by atoms with Gasteiger partial charge in [0.25, 0.3) is 0 Å². The Kier molecular flexibility index (Phi) is 5.08. The molecule has 0 aliphatic carbocycles. The summed E-state index contributed by atoms with van der Waals surface area (Å²) >= 11 is 1.51. The molecule has 7 heteroatoms. The van der Waals surface area contributed by atoms with Crippen molar-refractivity contribution in [3.63, 3.8) is 0 Å². The molecule has 3 aromatic rings. The van der Waals surface area contributed by atoms with Gasteiger partial charge in [-0.05, 0) is 31.2 Å². The van der Waals surface area contributed by atoms with E-state index in [1.807, 2.05) is 65.7 Å². The monoisotopic (exact) mass is 392 g/mol. The predicted octanol–water partition coefficient (Wildman–Crippen LogP) is 3.81.